The lowest BCUT2D eigenvalue weighted by molar-refractivity contribution is 0.0186. The topological polar surface area (TPSA) is 96.5 Å². The smallest absolute Gasteiger partial charge is 0.410 e. The largest absolute Gasteiger partial charge is 0.444 e. The number of hydrogen-bond acceptors (Lipinski definition) is 6. The summed E-state index contributed by atoms with van der Waals surface area (Å²) in [4.78, 5) is 27.3. The Balaban J connectivity index is 1.56. The van der Waals surface area contributed by atoms with Gasteiger partial charge in [-0.3, -0.25) is 0 Å². The molecule has 160 valence electrons. The second-order valence-corrected chi connectivity index (χ2v) is 8.21. The summed E-state index contributed by atoms with van der Waals surface area (Å²) in [6.45, 7) is 11.6. The molecule has 2 aliphatic heterocycles. The average molecular weight is 405 g/mol. The zero-order chi connectivity index (χ0) is 20.9. The first kappa shape index (κ1) is 21.2. The number of carbonyl (C=O) groups excluding carboxylic acids is 1. The third-order valence-corrected chi connectivity index (χ3v) is 4.84. The van der Waals surface area contributed by atoms with E-state index in [4.69, 9.17) is 15.2 Å². The summed E-state index contributed by atoms with van der Waals surface area (Å²) in [7, 11) is 0. The normalized spacial score (nSPS) is 18.7. The van der Waals surface area contributed by atoms with E-state index in [0.717, 1.165) is 24.5 Å². The standard InChI is InChI=1S/C20H32N6O3/c1-20(2,3)29-19(27)26-9-7-25(8-10-26)18(21)23-15-16-5-4-6-22-17(16)24-11-13-28-14-12-24/h4-6H,7-15H2,1-3H3,(H2,21,23). The van der Waals surface area contributed by atoms with Crippen LogP contribution < -0.4 is 10.6 Å². The molecule has 0 spiro atoms. The summed E-state index contributed by atoms with van der Waals surface area (Å²) in [5.74, 6) is 1.44. The number of ether oxygens (including phenoxy) is 2. The van der Waals surface area contributed by atoms with Gasteiger partial charge in [0, 0.05) is 51.0 Å². The molecule has 0 unspecified atom stereocenters. The van der Waals surface area contributed by atoms with E-state index in [0.29, 0.717) is 51.9 Å². The number of carbonyl (C=O) groups is 1. The van der Waals surface area contributed by atoms with Gasteiger partial charge in [0.25, 0.3) is 0 Å². The molecule has 9 heteroatoms. The van der Waals surface area contributed by atoms with Gasteiger partial charge in [0.1, 0.15) is 11.4 Å². The number of morpholine rings is 1. The van der Waals surface area contributed by atoms with Crippen LogP contribution in [0, 0.1) is 0 Å². The van der Waals surface area contributed by atoms with Gasteiger partial charge in [-0.25, -0.2) is 14.8 Å². The molecule has 3 heterocycles. The lowest BCUT2D eigenvalue weighted by atomic mass is 10.2. The predicted octanol–water partition coefficient (Wildman–Crippen LogP) is 1.29. The van der Waals surface area contributed by atoms with Crippen molar-refractivity contribution in [3.63, 3.8) is 0 Å². The third-order valence-electron chi connectivity index (χ3n) is 4.84. The zero-order valence-electron chi connectivity index (χ0n) is 17.6. The fraction of sp³-hybridized carbons (Fsp3) is 0.650. The summed E-state index contributed by atoms with van der Waals surface area (Å²) in [6, 6.07) is 3.96. The average Bonchev–Trinajstić information content (AvgIpc) is 2.72. The summed E-state index contributed by atoms with van der Waals surface area (Å²) in [6.07, 6.45) is 1.52. The van der Waals surface area contributed by atoms with E-state index in [-0.39, 0.29) is 6.09 Å². The minimum absolute atomic E-state index is 0.279. The predicted molar refractivity (Wildman–Crippen MR) is 112 cm³/mol. The quantitative estimate of drug-likeness (QED) is 0.599. The minimum atomic E-state index is -0.489. The van der Waals surface area contributed by atoms with E-state index in [2.05, 4.69) is 14.9 Å². The molecule has 2 aliphatic rings. The van der Waals surface area contributed by atoms with Crippen molar-refractivity contribution < 1.29 is 14.3 Å². The van der Waals surface area contributed by atoms with Gasteiger partial charge in [-0.1, -0.05) is 6.07 Å². The number of aromatic nitrogens is 1. The van der Waals surface area contributed by atoms with Crippen LogP contribution in [0.3, 0.4) is 0 Å². The van der Waals surface area contributed by atoms with E-state index >= 15 is 0 Å². The number of anilines is 1. The lowest BCUT2D eigenvalue weighted by Crippen LogP contribution is -2.53. The molecule has 9 nitrogen and oxygen atoms in total. The van der Waals surface area contributed by atoms with E-state index in [1.54, 1.807) is 11.1 Å². The van der Waals surface area contributed by atoms with E-state index in [1.807, 2.05) is 37.8 Å². The molecule has 2 saturated heterocycles. The minimum Gasteiger partial charge on any atom is -0.444 e. The van der Waals surface area contributed by atoms with Crippen LogP contribution in [0.4, 0.5) is 10.6 Å². The molecule has 2 N–H and O–H groups in total. The van der Waals surface area contributed by atoms with E-state index in [1.165, 1.54) is 0 Å². The van der Waals surface area contributed by atoms with Crippen molar-refractivity contribution in [2.75, 3.05) is 57.4 Å². The summed E-state index contributed by atoms with van der Waals surface area (Å²) < 4.78 is 10.9. The van der Waals surface area contributed by atoms with Gasteiger partial charge < -0.3 is 29.9 Å². The number of amides is 1. The molecule has 1 aromatic heterocycles. The van der Waals surface area contributed by atoms with Crippen LogP contribution >= 0.6 is 0 Å². The van der Waals surface area contributed by atoms with E-state index < -0.39 is 5.60 Å². The molecule has 0 aliphatic carbocycles. The highest BCUT2D eigenvalue weighted by Crippen LogP contribution is 2.19. The van der Waals surface area contributed by atoms with Gasteiger partial charge in [-0.05, 0) is 26.8 Å². The SMILES string of the molecule is CC(C)(C)OC(=O)N1CCN(C(N)=NCc2cccnc2N2CCOCC2)CC1. The Morgan fingerprint density at radius 3 is 2.48 bits per heavy atom. The van der Waals surface area contributed by atoms with Gasteiger partial charge in [0.15, 0.2) is 5.96 Å². The number of piperazine rings is 1. The van der Waals surface area contributed by atoms with Gasteiger partial charge in [0.2, 0.25) is 0 Å². The van der Waals surface area contributed by atoms with Gasteiger partial charge in [0.05, 0.1) is 19.8 Å². The number of nitrogens with zero attached hydrogens (tertiary/aromatic N) is 5. The highest BCUT2D eigenvalue weighted by molar-refractivity contribution is 5.78. The molecule has 1 amide bonds. The number of aliphatic imine (C=N–C) groups is 1. The van der Waals surface area contributed by atoms with Crippen LogP contribution in [-0.2, 0) is 16.0 Å². The fourth-order valence-electron chi connectivity index (χ4n) is 3.32. The second-order valence-electron chi connectivity index (χ2n) is 8.21. The Morgan fingerprint density at radius 1 is 1.17 bits per heavy atom. The molecular formula is C20H32N6O3. The fourth-order valence-corrected chi connectivity index (χ4v) is 3.32. The Kier molecular flexibility index (Phi) is 6.79. The third kappa shape index (κ3) is 5.96. The molecule has 1 aromatic rings. The molecule has 0 saturated carbocycles. The zero-order valence-corrected chi connectivity index (χ0v) is 17.6. The molecular weight excluding hydrogens is 372 g/mol. The molecule has 0 bridgehead atoms. The van der Waals surface area contributed by atoms with Crippen molar-refractivity contribution >= 4 is 17.9 Å². The number of hydrogen-bond donors (Lipinski definition) is 1. The molecule has 0 aromatic carbocycles. The van der Waals surface area contributed by atoms with Crippen LogP contribution in [0.5, 0.6) is 0 Å². The Bertz CT molecular complexity index is 719. The maximum Gasteiger partial charge on any atom is 0.410 e. The molecule has 3 rings (SSSR count). The lowest BCUT2D eigenvalue weighted by Gasteiger charge is -2.36. The van der Waals surface area contributed by atoms with Gasteiger partial charge in [-0.2, -0.15) is 0 Å². The summed E-state index contributed by atoms with van der Waals surface area (Å²) in [5.41, 5.74) is 6.79. The van der Waals surface area contributed by atoms with Crippen molar-refractivity contribution in [3.05, 3.63) is 23.9 Å². The van der Waals surface area contributed by atoms with Crippen molar-refractivity contribution in [2.24, 2.45) is 10.7 Å². The Hall–Kier alpha value is -2.55. The maximum absolute atomic E-state index is 12.2. The van der Waals surface area contributed by atoms with Crippen molar-refractivity contribution in [2.45, 2.75) is 32.9 Å². The molecule has 0 atom stereocenters. The van der Waals surface area contributed by atoms with Crippen molar-refractivity contribution in [3.8, 4) is 0 Å². The highest BCUT2D eigenvalue weighted by atomic mass is 16.6. The maximum atomic E-state index is 12.2. The summed E-state index contributed by atoms with van der Waals surface area (Å²) in [5, 5.41) is 0. The van der Waals surface area contributed by atoms with Crippen LogP contribution in [0.15, 0.2) is 23.3 Å². The Morgan fingerprint density at radius 2 is 1.83 bits per heavy atom. The Labute approximate surface area is 172 Å². The van der Waals surface area contributed by atoms with Crippen LogP contribution in [-0.4, -0.2) is 84.9 Å². The second kappa shape index (κ2) is 9.30. The van der Waals surface area contributed by atoms with Gasteiger partial charge in [-0.15, -0.1) is 0 Å². The van der Waals surface area contributed by atoms with Crippen LogP contribution in [0.1, 0.15) is 26.3 Å². The van der Waals surface area contributed by atoms with Crippen molar-refractivity contribution in [1.29, 1.82) is 0 Å². The van der Waals surface area contributed by atoms with Crippen LogP contribution in [0.2, 0.25) is 0 Å². The number of guanidine groups is 1. The molecule has 0 radical (unpaired) electrons. The van der Waals surface area contributed by atoms with Crippen molar-refractivity contribution in [1.82, 2.24) is 14.8 Å². The first-order valence-electron chi connectivity index (χ1n) is 10.1. The number of rotatable bonds is 3. The first-order valence-corrected chi connectivity index (χ1v) is 10.1. The highest BCUT2D eigenvalue weighted by Gasteiger charge is 2.26. The molecule has 29 heavy (non-hydrogen) atoms. The van der Waals surface area contributed by atoms with Crippen LogP contribution in [0.25, 0.3) is 0 Å². The first-order chi connectivity index (χ1) is 13.8. The van der Waals surface area contributed by atoms with Gasteiger partial charge >= 0.3 is 6.09 Å². The monoisotopic (exact) mass is 404 g/mol. The molecule has 2 fully saturated rings. The summed E-state index contributed by atoms with van der Waals surface area (Å²) >= 11 is 0. The number of pyridine rings is 1. The number of nitrogens with two attached hydrogens (primary N) is 1. The van der Waals surface area contributed by atoms with E-state index in [9.17, 15) is 4.79 Å².